The molecule has 0 radical (unpaired) electrons. The molecule has 1 amide bonds. The molecule has 0 spiro atoms. The van der Waals surface area contributed by atoms with E-state index in [1.807, 2.05) is 30.3 Å². The molecule has 1 aliphatic rings. The highest BCUT2D eigenvalue weighted by Gasteiger charge is 2.29. The van der Waals surface area contributed by atoms with Crippen LogP contribution in [0.3, 0.4) is 0 Å². The Labute approximate surface area is 140 Å². The Hall–Kier alpha value is -1.39. The van der Waals surface area contributed by atoms with E-state index < -0.39 is 5.54 Å². The number of carbonyl (C=O) groups is 1. The van der Waals surface area contributed by atoms with Gasteiger partial charge >= 0.3 is 0 Å². The lowest BCUT2D eigenvalue weighted by atomic mass is 9.92. The van der Waals surface area contributed by atoms with Gasteiger partial charge in [0.25, 0.3) is 0 Å². The third-order valence-electron chi connectivity index (χ3n) is 4.73. The molecule has 1 saturated heterocycles. The highest BCUT2D eigenvalue weighted by Crippen LogP contribution is 2.17. The van der Waals surface area contributed by atoms with Gasteiger partial charge < -0.3 is 16.0 Å². The van der Waals surface area contributed by atoms with Gasteiger partial charge in [-0.2, -0.15) is 0 Å². The van der Waals surface area contributed by atoms with Crippen LogP contribution in [0.5, 0.6) is 0 Å². The molecular formula is C19H31N3O. The van der Waals surface area contributed by atoms with Crippen molar-refractivity contribution in [3.63, 3.8) is 0 Å². The van der Waals surface area contributed by atoms with Gasteiger partial charge in [0.05, 0.1) is 0 Å². The maximum absolute atomic E-state index is 12.3. The second-order valence-electron chi connectivity index (χ2n) is 6.79. The van der Waals surface area contributed by atoms with Crippen molar-refractivity contribution in [3.8, 4) is 0 Å². The molecule has 2 rings (SSSR count). The number of hydrogen-bond acceptors (Lipinski definition) is 3. The number of nitrogens with two attached hydrogens (primary N) is 1. The van der Waals surface area contributed by atoms with E-state index in [4.69, 9.17) is 5.73 Å². The summed E-state index contributed by atoms with van der Waals surface area (Å²) in [5, 5.41) is 2.98. The number of benzene rings is 1. The van der Waals surface area contributed by atoms with Crippen LogP contribution >= 0.6 is 0 Å². The van der Waals surface area contributed by atoms with Crippen molar-refractivity contribution in [1.29, 1.82) is 0 Å². The number of unbranched alkanes of at least 4 members (excludes halogenated alkanes) is 2. The molecule has 1 aliphatic heterocycles. The van der Waals surface area contributed by atoms with E-state index in [0.717, 1.165) is 18.4 Å². The van der Waals surface area contributed by atoms with Gasteiger partial charge in [0.2, 0.25) is 5.91 Å². The highest BCUT2D eigenvalue weighted by atomic mass is 16.2. The molecule has 3 N–H and O–H groups in total. The molecule has 4 heteroatoms. The minimum absolute atomic E-state index is 0.0975. The maximum Gasteiger partial charge on any atom is 0.244 e. The van der Waals surface area contributed by atoms with Crippen LogP contribution in [-0.4, -0.2) is 37.0 Å². The molecule has 0 aromatic heterocycles. The van der Waals surface area contributed by atoms with E-state index in [-0.39, 0.29) is 5.91 Å². The molecule has 1 atom stereocenters. The topological polar surface area (TPSA) is 58.4 Å². The Bertz CT molecular complexity index is 467. The molecule has 1 fully saturated rings. The van der Waals surface area contributed by atoms with E-state index in [2.05, 4.69) is 10.2 Å². The van der Waals surface area contributed by atoms with Gasteiger partial charge in [-0.25, -0.2) is 0 Å². The van der Waals surface area contributed by atoms with Crippen LogP contribution in [0.15, 0.2) is 30.3 Å². The number of rotatable bonds is 8. The van der Waals surface area contributed by atoms with Crippen LogP contribution in [0, 0.1) is 0 Å². The number of carbonyl (C=O) groups excluding carboxylic acids is 1. The summed E-state index contributed by atoms with van der Waals surface area (Å²) in [6, 6.07) is 9.55. The van der Waals surface area contributed by atoms with Gasteiger partial charge in [-0.15, -0.1) is 0 Å². The van der Waals surface area contributed by atoms with Crippen molar-refractivity contribution in [2.75, 3.05) is 26.2 Å². The predicted octanol–water partition coefficient (Wildman–Crippen LogP) is 2.63. The molecule has 0 saturated carbocycles. The van der Waals surface area contributed by atoms with E-state index in [1.54, 1.807) is 6.92 Å². The largest absolute Gasteiger partial charge is 0.354 e. The number of amides is 1. The number of likely N-dealkylation sites (tertiary alicyclic amines) is 1. The summed E-state index contributed by atoms with van der Waals surface area (Å²) in [6.45, 7) is 6.21. The Balaban J connectivity index is 1.61. The van der Waals surface area contributed by atoms with Crippen molar-refractivity contribution in [1.82, 2.24) is 10.2 Å². The third-order valence-corrected chi connectivity index (χ3v) is 4.73. The Morgan fingerprint density at radius 2 is 1.83 bits per heavy atom. The van der Waals surface area contributed by atoms with Crippen LogP contribution in [0.25, 0.3) is 0 Å². The first kappa shape index (κ1) is 18.0. The first-order chi connectivity index (χ1) is 11.1. The summed E-state index contributed by atoms with van der Waals surface area (Å²) in [4.78, 5) is 14.9. The summed E-state index contributed by atoms with van der Waals surface area (Å²) in [6.07, 6.45) is 7.49. The molecular weight excluding hydrogens is 286 g/mol. The van der Waals surface area contributed by atoms with Crippen molar-refractivity contribution < 1.29 is 4.79 Å². The van der Waals surface area contributed by atoms with Gasteiger partial charge in [0, 0.05) is 6.54 Å². The molecule has 4 nitrogen and oxygen atoms in total. The predicted molar refractivity (Wildman–Crippen MR) is 95.1 cm³/mol. The molecule has 0 aliphatic carbocycles. The number of nitrogens with zero attached hydrogens (tertiary/aromatic N) is 1. The minimum Gasteiger partial charge on any atom is -0.354 e. The van der Waals surface area contributed by atoms with E-state index in [1.165, 1.54) is 45.3 Å². The Morgan fingerprint density at radius 1 is 1.13 bits per heavy atom. The lowest BCUT2D eigenvalue weighted by Gasteiger charge is -2.26. The number of nitrogens with one attached hydrogen (secondary N) is 1. The third kappa shape index (κ3) is 5.63. The van der Waals surface area contributed by atoms with Gasteiger partial charge in [0.1, 0.15) is 5.54 Å². The molecule has 1 aromatic rings. The minimum atomic E-state index is -0.963. The second kappa shape index (κ2) is 9.04. The zero-order valence-corrected chi connectivity index (χ0v) is 14.4. The molecule has 1 heterocycles. The summed E-state index contributed by atoms with van der Waals surface area (Å²) < 4.78 is 0. The fourth-order valence-electron chi connectivity index (χ4n) is 3.12. The van der Waals surface area contributed by atoms with Crippen molar-refractivity contribution in [2.45, 2.75) is 51.0 Å². The van der Waals surface area contributed by atoms with Crippen LogP contribution in [0.2, 0.25) is 0 Å². The van der Waals surface area contributed by atoms with Crippen molar-refractivity contribution in [3.05, 3.63) is 35.9 Å². The summed E-state index contributed by atoms with van der Waals surface area (Å²) in [5.74, 6) is -0.0975. The highest BCUT2D eigenvalue weighted by molar-refractivity contribution is 5.86. The van der Waals surface area contributed by atoms with Gasteiger partial charge in [-0.3, -0.25) is 4.79 Å². The first-order valence-corrected chi connectivity index (χ1v) is 8.96. The SMILES string of the molecule is CC(N)(C(=O)NCCCCCN1CCCCC1)c1ccccc1. The van der Waals surface area contributed by atoms with Crippen molar-refractivity contribution >= 4 is 5.91 Å². The van der Waals surface area contributed by atoms with Crippen LogP contribution < -0.4 is 11.1 Å². The molecule has 1 aromatic carbocycles. The average molecular weight is 317 g/mol. The fraction of sp³-hybridized carbons (Fsp3) is 0.632. The smallest absolute Gasteiger partial charge is 0.244 e. The lowest BCUT2D eigenvalue weighted by molar-refractivity contribution is -0.126. The summed E-state index contributed by atoms with van der Waals surface area (Å²) in [7, 11) is 0. The average Bonchev–Trinajstić information content (AvgIpc) is 2.59. The molecule has 1 unspecified atom stereocenters. The standard InChI is InChI=1S/C19H31N3O/c1-19(20,17-11-5-2-6-12-17)18(23)21-13-7-3-8-14-22-15-9-4-10-16-22/h2,5-6,11-12H,3-4,7-10,13-16,20H2,1H3,(H,21,23). The summed E-state index contributed by atoms with van der Waals surface area (Å²) >= 11 is 0. The van der Waals surface area contributed by atoms with E-state index >= 15 is 0 Å². The molecule has 0 bridgehead atoms. The normalized spacial score (nSPS) is 18.3. The van der Waals surface area contributed by atoms with Gasteiger partial charge in [-0.05, 0) is 57.8 Å². The fourth-order valence-corrected chi connectivity index (χ4v) is 3.12. The van der Waals surface area contributed by atoms with Gasteiger partial charge in [-0.1, -0.05) is 43.2 Å². The van der Waals surface area contributed by atoms with Crippen LogP contribution in [-0.2, 0) is 10.3 Å². The Kier molecular flexibility index (Phi) is 7.06. The zero-order chi connectivity index (χ0) is 16.5. The van der Waals surface area contributed by atoms with Crippen LogP contribution in [0.4, 0.5) is 0 Å². The molecule has 128 valence electrons. The van der Waals surface area contributed by atoms with Crippen LogP contribution in [0.1, 0.15) is 51.0 Å². The van der Waals surface area contributed by atoms with E-state index in [0.29, 0.717) is 6.54 Å². The van der Waals surface area contributed by atoms with E-state index in [9.17, 15) is 4.79 Å². The first-order valence-electron chi connectivity index (χ1n) is 8.96. The zero-order valence-electron chi connectivity index (χ0n) is 14.4. The number of piperidine rings is 1. The Morgan fingerprint density at radius 3 is 2.52 bits per heavy atom. The maximum atomic E-state index is 12.3. The summed E-state index contributed by atoms with van der Waals surface area (Å²) in [5.41, 5.74) is 6.09. The monoisotopic (exact) mass is 317 g/mol. The lowest BCUT2D eigenvalue weighted by Crippen LogP contribution is -2.49. The number of hydrogen-bond donors (Lipinski definition) is 2. The molecule has 23 heavy (non-hydrogen) atoms. The van der Waals surface area contributed by atoms with Gasteiger partial charge in [0.15, 0.2) is 0 Å². The second-order valence-corrected chi connectivity index (χ2v) is 6.79. The van der Waals surface area contributed by atoms with Crippen molar-refractivity contribution in [2.24, 2.45) is 5.73 Å². The quantitative estimate of drug-likeness (QED) is 0.725.